The second kappa shape index (κ2) is 8.65. The van der Waals surface area contributed by atoms with E-state index in [0.717, 1.165) is 36.5 Å². The molecule has 0 bridgehead atoms. The maximum absolute atomic E-state index is 10.9. The molecule has 1 unspecified atom stereocenters. The lowest BCUT2D eigenvalue weighted by Gasteiger charge is -2.28. The molecule has 0 aliphatic carbocycles. The topological polar surface area (TPSA) is 35.9 Å². The summed E-state index contributed by atoms with van der Waals surface area (Å²) in [6.45, 7) is 5.75. The molecule has 1 aliphatic rings. The molecule has 2 aromatic rings. The SMILES string of the molecule is CSc1ccc(CN2CCOc3ccc(C(C)(O)CN(C)C)cc3C2)cc1. The van der Waals surface area contributed by atoms with E-state index in [0.29, 0.717) is 13.2 Å². The lowest BCUT2D eigenvalue weighted by atomic mass is 9.93. The summed E-state index contributed by atoms with van der Waals surface area (Å²) >= 11 is 1.76. The third-order valence-electron chi connectivity index (χ3n) is 4.93. The number of benzene rings is 2. The molecule has 0 saturated carbocycles. The molecule has 0 saturated heterocycles. The van der Waals surface area contributed by atoms with Crippen molar-refractivity contribution in [3.8, 4) is 5.75 Å². The summed E-state index contributed by atoms with van der Waals surface area (Å²) in [4.78, 5) is 5.70. The molecular weight excluding hydrogens is 356 g/mol. The number of likely N-dealkylation sites (N-methyl/N-ethyl adjacent to an activating group) is 1. The smallest absolute Gasteiger partial charge is 0.123 e. The highest BCUT2D eigenvalue weighted by Crippen LogP contribution is 2.30. The second-order valence-corrected chi connectivity index (χ2v) is 8.62. The Balaban J connectivity index is 1.77. The first-order chi connectivity index (χ1) is 12.9. The Morgan fingerprint density at radius 1 is 1.19 bits per heavy atom. The van der Waals surface area contributed by atoms with Gasteiger partial charge in [-0.3, -0.25) is 4.90 Å². The quantitative estimate of drug-likeness (QED) is 0.768. The molecule has 1 heterocycles. The third-order valence-corrected chi connectivity index (χ3v) is 5.67. The second-order valence-electron chi connectivity index (χ2n) is 7.74. The Morgan fingerprint density at radius 3 is 2.59 bits per heavy atom. The number of rotatable bonds is 6. The van der Waals surface area contributed by atoms with Gasteiger partial charge in [0.05, 0.1) is 5.60 Å². The zero-order chi connectivity index (χ0) is 19.4. The number of fused-ring (bicyclic) bond motifs is 1. The van der Waals surface area contributed by atoms with Gasteiger partial charge >= 0.3 is 0 Å². The maximum Gasteiger partial charge on any atom is 0.123 e. The highest BCUT2D eigenvalue weighted by Gasteiger charge is 2.26. The number of nitrogens with zero attached hydrogens (tertiary/aromatic N) is 2. The average molecular weight is 387 g/mol. The van der Waals surface area contributed by atoms with Crippen molar-refractivity contribution < 1.29 is 9.84 Å². The van der Waals surface area contributed by atoms with E-state index in [4.69, 9.17) is 4.74 Å². The highest BCUT2D eigenvalue weighted by atomic mass is 32.2. The zero-order valence-corrected chi connectivity index (χ0v) is 17.6. The van der Waals surface area contributed by atoms with E-state index in [2.05, 4.69) is 41.5 Å². The van der Waals surface area contributed by atoms with E-state index in [9.17, 15) is 5.11 Å². The molecule has 2 aromatic carbocycles. The Morgan fingerprint density at radius 2 is 1.93 bits per heavy atom. The number of hydrogen-bond acceptors (Lipinski definition) is 5. The van der Waals surface area contributed by atoms with Gasteiger partial charge in [-0.2, -0.15) is 0 Å². The number of aliphatic hydroxyl groups is 1. The van der Waals surface area contributed by atoms with Gasteiger partial charge in [0.25, 0.3) is 0 Å². The first-order valence-electron chi connectivity index (χ1n) is 9.36. The largest absolute Gasteiger partial charge is 0.492 e. The minimum atomic E-state index is -0.886. The summed E-state index contributed by atoms with van der Waals surface area (Å²) in [6, 6.07) is 14.9. The minimum absolute atomic E-state index is 0.581. The Bertz CT molecular complexity index is 759. The summed E-state index contributed by atoms with van der Waals surface area (Å²) in [7, 11) is 3.95. The molecule has 0 fully saturated rings. The van der Waals surface area contributed by atoms with Crippen LogP contribution in [-0.2, 0) is 18.7 Å². The lowest BCUT2D eigenvalue weighted by Crippen LogP contribution is -2.34. The Hall–Kier alpha value is -1.53. The molecule has 27 heavy (non-hydrogen) atoms. The van der Waals surface area contributed by atoms with Crippen LogP contribution in [0.2, 0.25) is 0 Å². The van der Waals surface area contributed by atoms with Crippen molar-refractivity contribution in [1.82, 2.24) is 9.80 Å². The highest BCUT2D eigenvalue weighted by molar-refractivity contribution is 7.98. The normalized spacial score (nSPS) is 17.1. The summed E-state index contributed by atoms with van der Waals surface area (Å²) in [5, 5.41) is 10.9. The van der Waals surface area contributed by atoms with Gasteiger partial charge in [0, 0.05) is 36.6 Å². The van der Waals surface area contributed by atoms with Crippen LogP contribution in [0.5, 0.6) is 5.75 Å². The van der Waals surface area contributed by atoms with Gasteiger partial charge in [-0.1, -0.05) is 18.2 Å². The van der Waals surface area contributed by atoms with Gasteiger partial charge in [-0.25, -0.2) is 0 Å². The molecule has 146 valence electrons. The lowest BCUT2D eigenvalue weighted by molar-refractivity contribution is 0.0299. The van der Waals surface area contributed by atoms with Crippen molar-refractivity contribution in [3.63, 3.8) is 0 Å². The predicted octanol–water partition coefficient (Wildman–Crippen LogP) is 3.57. The van der Waals surface area contributed by atoms with Gasteiger partial charge < -0.3 is 14.7 Å². The maximum atomic E-state index is 10.9. The molecule has 5 heteroatoms. The van der Waals surface area contributed by atoms with E-state index in [1.165, 1.54) is 10.5 Å². The third kappa shape index (κ3) is 5.26. The van der Waals surface area contributed by atoms with Gasteiger partial charge in [0.15, 0.2) is 0 Å². The molecule has 1 aliphatic heterocycles. The van der Waals surface area contributed by atoms with Crippen LogP contribution in [0.15, 0.2) is 47.4 Å². The van der Waals surface area contributed by atoms with E-state index < -0.39 is 5.60 Å². The van der Waals surface area contributed by atoms with Gasteiger partial charge in [0.2, 0.25) is 0 Å². The van der Waals surface area contributed by atoms with E-state index in [1.807, 2.05) is 38.1 Å². The molecule has 1 atom stereocenters. The summed E-state index contributed by atoms with van der Waals surface area (Å²) < 4.78 is 5.96. The minimum Gasteiger partial charge on any atom is -0.492 e. The van der Waals surface area contributed by atoms with Gasteiger partial charge in [0.1, 0.15) is 12.4 Å². The van der Waals surface area contributed by atoms with E-state index in [1.54, 1.807) is 11.8 Å². The van der Waals surface area contributed by atoms with Crippen LogP contribution in [0, 0.1) is 0 Å². The average Bonchev–Trinajstić information content (AvgIpc) is 2.82. The monoisotopic (exact) mass is 386 g/mol. The Kier molecular flexibility index (Phi) is 6.48. The van der Waals surface area contributed by atoms with Crippen LogP contribution in [0.1, 0.15) is 23.6 Å². The number of ether oxygens (including phenoxy) is 1. The molecule has 4 nitrogen and oxygen atoms in total. The zero-order valence-electron chi connectivity index (χ0n) is 16.7. The Labute approximate surface area is 167 Å². The van der Waals surface area contributed by atoms with Crippen LogP contribution < -0.4 is 4.74 Å². The van der Waals surface area contributed by atoms with Gasteiger partial charge in [-0.05, 0) is 62.7 Å². The van der Waals surface area contributed by atoms with Crippen molar-refractivity contribution in [2.24, 2.45) is 0 Å². The molecule has 1 N–H and O–H groups in total. The van der Waals surface area contributed by atoms with Crippen molar-refractivity contribution in [1.29, 1.82) is 0 Å². The fraction of sp³-hybridized carbons (Fsp3) is 0.455. The van der Waals surface area contributed by atoms with E-state index >= 15 is 0 Å². The van der Waals surface area contributed by atoms with Crippen LogP contribution in [0.25, 0.3) is 0 Å². The molecule has 0 radical (unpaired) electrons. The fourth-order valence-electron chi connectivity index (χ4n) is 3.61. The van der Waals surface area contributed by atoms with Crippen molar-refractivity contribution in [2.45, 2.75) is 30.5 Å². The van der Waals surface area contributed by atoms with Crippen LogP contribution in [0.4, 0.5) is 0 Å². The first-order valence-corrected chi connectivity index (χ1v) is 10.6. The summed E-state index contributed by atoms with van der Waals surface area (Å²) in [5.74, 6) is 0.930. The first kappa shape index (κ1) is 20.2. The van der Waals surface area contributed by atoms with Gasteiger partial charge in [-0.15, -0.1) is 11.8 Å². The molecule has 3 rings (SSSR count). The van der Waals surface area contributed by atoms with Crippen molar-refractivity contribution in [3.05, 3.63) is 59.2 Å². The van der Waals surface area contributed by atoms with Crippen molar-refractivity contribution >= 4 is 11.8 Å². The molecule has 0 amide bonds. The molecule has 0 spiro atoms. The van der Waals surface area contributed by atoms with Crippen LogP contribution >= 0.6 is 11.8 Å². The van der Waals surface area contributed by atoms with E-state index in [-0.39, 0.29) is 0 Å². The summed E-state index contributed by atoms with van der Waals surface area (Å²) in [5.41, 5.74) is 2.50. The number of thioether (sulfide) groups is 1. The van der Waals surface area contributed by atoms with Crippen molar-refractivity contribution in [2.75, 3.05) is 40.0 Å². The number of hydrogen-bond donors (Lipinski definition) is 1. The standard InChI is InChI=1S/C22H30N2O2S/c1-22(25,16-23(2)3)19-7-10-21-18(13-19)15-24(11-12-26-21)14-17-5-8-20(27-4)9-6-17/h5-10,13,25H,11-12,14-16H2,1-4H3. The molecular formula is C22H30N2O2S. The summed E-state index contributed by atoms with van der Waals surface area (Å²) in [6.07, 6.45) is 2.10. The predicted molar refractivity (Wildman–Crippen MR) is 112 cm³/mol. The van der Waals surface area contributed by atoms with Crippen LogP contribution in [0.3, 0.4) is 0 Å². The fourth-order valence-corrected chi connectivity index (χ4v) is 4.02. The van der Waals surface area contributed by atoms with Crippen LogP contribution in [-0.4, -0.2) is 55.0 Å². The molecule has 0 aromatic heterocycles.